The molecule has 12 atom stereocenters. The van der Waals surface area contributed by atoms with Gasteiger partial charge in [0.05, 0.1) is 40.0 Å². The van der Waals surface area contributed by atoms with Gasteiger partial charge in [0.2, 0.25) is 12.6 Å². The molecule has 0 spiro atoms. The molecule has 0 bridgehead atoms. The van der Waals surface area contributed by atoms with Gasteiger partial charge in [0.15, 0.2) is 23.0 Å². The number of carbonyl (C=O) groups is 1. The first-order valence-electron chi connectivity index (χ1n) is 15.4. The molecule has 3 aliphatic heterocycles. The summed E-state index contributed by atoms with van der Waals surface area (Å²) in [5.74, 6) is -0.208. The molecule has 8 N–H and O–H groups in total. The van der Waals surface area contributed by atoms with E-state index >= 15 is 0 Å². The Labute approximate surface area is 275 Å². The Bertz CT molecular complexity index is 1390. The van der Waals surface area contributed by atoms with E-state index in [4.69, 9.17) is 33.2 Å². The molecule has 0 aromatic heterocycles. The molecule has 3 heterocycles. The Hall–Kier alpha value is -3.29. The van der Waals surface area contributed by atoms with Crippen LogP contribution in [0.5, 0.6) is 23.0 Å². The summed E-state index contributed by atoms with van der Waals surface area (Å²) in [5.41, 5.74) is 1.52. The van der Waals surface area contributed by atoms with Gasteiger partial charge in [-0.25, -0.2) is 0 Å². The zero-order valence-corrected chi connectivity index (χ0v) is 26.3. The first-order valence-corrected chi connectivity index (χ1v) is 15.4. The Morgan fingerprint density at radius 1 is 0.646 bits per heavy atom. The Morgan fingerprint density at radius 3 is 1.54 bits per heavy atom. The summed E-state index contributed by atoms with van der Waals surface area (Å²) in [6.07, 6.45) is -13.8. The Balaban J connectivity index is 1.25. The Morgan fingerprint density at radius 2 is 1.10 bits per heavy atom. The number of carbonyl (C=O) groups excluding carboxylic acids is 1. The number of rotatable bonds is 12. The van der Waals surface area contributed by atoms with Crippen molar-refractivity contribution in [3.8, 4) is 23.0 Å². The molecule has 2 aromatic carbocycles. The number of hydrogen-bond acceptors (Lipinski definition) is 16. The van der Waals surface area contributed by atoms with Gasteiger partial charge in [0, 0.05) is 5.92 Å². The lowest BCUT2D eigenvalue weighted by molar-refractivity contribution is -0.277. The van der Waals surface area contributed by atoms with E-state index in [0.717, 1.165) is 11.1 Å². The second-order valence-corrected chi connectivity index (χ2v) is 12.0. The molecule has 0 unspecified atom stereocenters. The minimum absolute atomic E-state index is 0.161. The molecule has 0 saturated carbocycles. The van der Waals surface area contributed by atoms with Crippen LogP contribution in [0.15, 0.2) is 36.4 Å². The van der Waals surface area contributed by atoms with E-state index in [-0.39, 0.29) is 41.5 Å². The molecule has 16 heteroatoms. The quantitative estimate of drug-likeness (QED) is 0.109. The standard InChI is InChI=1S/C32H42O16/c1-42-20-9-14(3-5-18(20)45-31-28(39)26(37)24(35)22(11-33)47-31)7-16-13-44-30(41)17(16)8-15-4-6-19(21(10-15)43-2)46-32-29(40)27(38)25(36)23(12-34)48-32/h3-6,9-10,16-17,22-29,31-40H,7-8,11-13H2,1-2H3/t16-,17+,22+,23+,24+,25+,26-,27-,28+,29+,31+,32+/m0/s1. The number of esters is 1. The maximum absolute atomic E-state index is 12.8. The fraction of sp³-hybridized carbons (Fsp3) is 0.594. The van der Waals surface area contributed by atoms with Crippen molar-refractivity contribution in [3.63, 3.8) is 0 Å². The Kier molecular flexibility index (Phi) is 11.6. The number of hydrogen-bond donors (Lipinski definition) is 8. The van der Waals surface area contributed by atoms with Crippen molar-refractivity contribution in [1.29, 1.82) is 0 Å². The van der Waals surface area contributed by atoms with Crippen molar-refractivity contribution in [3.05, 3.63) is 47.5 Å². The van der Waals surface area contributed by atoms with Crippen LogP contribution in [-0.4, -0.2) is 142 Å². The highest BCUT2D eigenvalue weighted by Gasteiger charge is 2.46. The van der Waals surface area contributed by atoms with E-state index in [9.17, 15) is 45.6 Å². The van der Waals surface area contributed by atoms with Crippen molar-refractivity contribution in [2.45, 2.75) is 74.3 Å². The monoisotopic (exact) mass is 682 g/mol. The lowest BCUT2D eigenvalue weighted by Crippen LogP contribution is -2.60. The van der Waals surface area contributed by atoms with Crippen LogP contribution >= 0.6 is 0 Å². The van der Waals surface area contributed by atoms with Gasteiger partial charge in [-0.15, -0.1) is 0 Å². The summed E-state index contributed by atoms with van der Waals surface area (Å²) >= 11 is 0. The van der Waals surface area contributed by atoms with Crippen molar-refractivity contribution < 1.29 is 78.8 Å². The molecule has 0 aliphatic carbocycles. The largest absolute Gasteiger partial charge is 0.493 e. The highest BCUT2D eigenvalue weighted by atomic mass is 16.7. The van der Waals surface area contributed by atoms with Gasteiger partial charge in [0.1, 0.15) is 48.8 Å². The van der Waals surface area contributed by atoms with Crippen molar-refractivity contribution >= 4 is 5.97 Å². The number of benzene rings is 2. The van der Waals surface area contributed by atoms with Crippen LogP contribution in [0.25, 0.3) is 0 Å². The lowest BCUT2D eigenvalue weighted by Gasteiger charge is -2.39. The second-order valence-electron chi connectivity index (χ2n) is 12.0. The van der Waals surface area contributed by atoms with Gasteiger partial charge in [-0.3, -0.25) is 4.79 Å². The van der Waals surface area contributed by atoms with E-state index in [1.165, 1.54) is 14.2 Å². The molecule has 16 nitrogen and oxygen atoms in total. The molecule has 0 amide bonds. The topological polar surface area (TPSA) is 244 Å². The van der Waals surface area contributed by atoms with Crippen LogP contribution in [0.2, 0.25) is 0 Å². The normalized spacial score (nSPS) is 35.2. The van der Waals surface area contributed by atoms with Crippen molar-refractivity contribution in [1.82, 2.24) is 0 Å². The van der Waals surface area contributed by atoms with E-state index in [0.29, 0.717) is 12.8 Å². The molecule has 2 aromatic rings. The second kappa shape index (κ2) is 15.5. The predicted octanol–water partition coefficient (Wildman–Crippen LogP) is -2.36. The summed E-state index contributed by atoms with van der Waals surface area (Å²) in [6.45, 7) is -1.02. The van der Waals surface area contributed by atoms with Crippen LogP contribution in [0.4, 0.5) is 0 Å². The fourth-order valence-corrected chi connectivity index (χ4v) is 6.07. The SMILES string of the molecule is COc1cc(C[C@H]2COC(=O)[C@@H]2Cc2ccc(O[C@@H]3O[C@H](CO)[C@@H](O)[C@H](O)[C@H]3O)c(OC)c2)ccc1O[C@@H]1O[C@H](CO)[C@@H](O)[C@H](O)[C@H]1O. The highest BCUT2D eigenvalue weighted by Crippen LogP contribution is 2.37. The molecule has 3 fully saturated rings. The summed E-state index contributed by atoms with van der Waals surface area (Å²) in [6, 6.07) is 9.96. The molecule has 0 radical (unpaired) electrons. The fourth-order valence-electron chi connectivity index (χ4n) is 6.07. The van der Waals surface area contributed by atoms with Crippen LogP contribution in [0.3, 0.4) is 0 Å². The molecule has 3 saturated heterocycles. The first-order chi connectivity index (χ1) is 23.0. The highest BCUT2D eigenvalue weighted by molar-refractivity contribution is 5.75. The zero-order valence-electron chi connectivity index (χ0n) is 26.3. The summed E-state index contributed by atoms with van der Waals surface area (Å²) < 4.78 is 38.7. The van der Waals surface area contributed by atoms with Crippen LogP contribution in [0.1, 0.15) is 11.1 Å². The summed E-state index contributed by atoms with van der Waals surface area (Å²) in [4.78, 5) is 12.8. The predicted molar refractivity (Wildman–Crippen MR) is 160 cm³/mol. The van der Waals surface area contributed by atoms with Gasteiger partial charge < -0.3 is 74.0 Å². The maximum Gasteiger partial charge on any atom is 0.309 e. The molecule has 48 heavy (non-hydrogen) atoms. The molecular formula is C32H42O16. The first kappa shape index (κ1) is 36.0. The molecule has 3 aliphatic rings. The van der Waals surface area contributed by atoms with Gasteiger partial charge in [-0.1, -0.05) is 12.1 Å². The minimum atomic E-state index is -1.61. The average molecular weight is 683 g/mol. The minimum Gasteiger partial charge on any atom is -0.493 e. The van der Waals surface area contributed by atoms with Gasteiger partial charge >= 0.3 is 5.97 Å². The van der Waals surface area contributed by atoms with E-state index in [1.807, 2.05) is 0 Å². The zero-order chi connectivity index (χ0) is 34.7. The molecule has 5 rings (SSSR count). The number of aliphatic hydroxyl groups excluding tert-OH is 8. The third-order valence-corrected chi connectivity index (χ3v) is 8.90. The summed E-state index contributed by atoms with van der Waals surface area (Å²) in [7, 11) is 2.83. The van der Waals surface area contributed by atoms with Gasteiger partial charge in [-0.2, -0.15) is 0 Å². The third kappa shape index (κ3) is 7.47. The molecule has 266 valence electrons. The lowest BCUT2D eigenvalue weighted by atomic mass is 9.85. The van der Waals surface area contributed by atoms with E-state index in [2.05, 4.69) is 0 Å². The maximum atomic E-state index is 12.8. The summed E-state index contributed by atoms with van der Waals surface area (Å²) in [5, 5.41) is 79.8. The van der Waals surface area contributed by atoms with Crippen molar-refractivity contribution in [2.24, 2.45) is 11.8 Å². The van der Waals surface area contributed by atoms with Crippen LogP contribution in [-0.2, 0) is 31.8 Å². The van der Waals surface area contributed by atoms with Crippen LogP contribution < -0.4 is 18.9 Å². The van der Waals surface area contributed by atoms with Crippen molar-refractivity contribution in [2.75, 3.05) is 34.0 Å². The van der Waals surface area contributed by atoms with Crippen LogP contribution in [0, 0.1) is 11.8 Å². The number of methoxy groups -OCH3 is 2. The van der Waals surface area contributed by atoms with E-state index in [1.54, 1.807) is 36.4 Å². The number of ether oxygens (including phenoxy) is 7. The molecular weight excluding hydrogens is 640 g/mol. The van der Waals surface area contributed by atoms with Gasteiger partial charge in [-0.05, 0) is 48.2 Å². The number of aliphatic hydroxyl groups is 8. The number of cyclic esters (lactones) is 1. The average Bonchev–Trinajstić information content (AvgIpc) is 3.43. The third-order valence-electron chi connectivity index (χ3n) is 8.90. The smallest absolute Gasteiger partial charge is 0.309 e. The van der Waals surface area contributed by atoms with Gasteiger partial charge in [0.25, 0.3) is 0 Å². The van der Waals surface area contributed by atoms with E-state index < -0.39 is 80.5 Å².